The van der Waals surface area contributed by atoms with Crippen LogP contribution < -0.4 is 10.6 Å². The molecule has 1 saturated heterocycles. The smallest absolute Gasteiger partial charge is 0.168 e. The first kappa shape index (κ1) is 14.1. The molecule has 0 saturated carbocycles. The van der Waals surface area contributed by atoms with Crippen LogP contribution in [-0.2, 0) is 0 Å². The Morgan fingerprint density at radius 2 is 2.09 bits per heavy atom. The Morgan fingerprint density at radius 3 is 2.87 bits per heavy atom. The number of rotatable bonds is 2. The Hall–Kier alpha value is -2.47. The first-order valence-electron chi connectivity index (χ1n) is 7.91. The second-order valence-electron chi connectivity index (χ2n) is 6.20. The molecule has 2 aromatic heterocycles. The summed E-state index contributed by atoms with van der Waals surface area (Å²) >= 11 is 0. The predicted octanol–water partition coefficient (Wildman–Crippen LogP) is 1.97. The standard InChI is InChI=1S/C17H20N6/c1-11-4-3-5-15(12(11)2)23-17-14(8-21-23)16(19-10-20-17)22-7-6-13(18)9-22/h3-5,8,10,13H,6-7,9,18H2,1-2H3. The lowest BCUT2D eigenvalue weighted by molar-refractivity contribution is 0.751. The summed E-state index contributed by atoms with van der Waals surface area (Å²) in [5.74, 6) is 0.930. The highest BCUT2D eigenvalue weighted by Gasteiger charge is 2.23. The van der Waals surface area contributed by atoms with Gasteiger partial charge in [-0.25, -0.2) is 14.6 Å². The maximum Gasteiger partial charge on any atom is 0.168 e. The molecule has 1 unspecified atom stereocenters. The largest absolute Gasteiger partial charge is 0.354 e. The fourth-order valence-corrected chi connectivity index (χ4v) is 3.20. The van der Waals surface area contributed by atoms with Gasteiger partial charge in [0, 0.05) is 19.1 Å². The number of benzene rings is 1. The highest BCUT2D eigenvalue weighted by Crippen LogP contribution is 2.28. The van der Waals surface area contributed by atoms with Gasteiger partial charge in [0.1, 0.15) is 12.1 Å². The van der Waals surface area contributed by atoms with Gasteiger partial charge in [0.05, 0.1) is 17.3 Å². The predicted molar refractivity (Wildman–Crippen MR) is 90.9 cm³/mol. The van der Waals surface area contributed by atoms with E-state index in [1.54, 1.807) is 6.33 Å². The van der Waals surface area contributed by atoms with Crippen LogP contribution in [0.1, 0.15) is 17.5 Å². The van der Waals surface area contributed by atoms with Crippen LogP contribution in [0, 0.1) is 13.8 Å². The molecule has 6 heteroatoms. The molecule has 3 aromatic rings. The molecule has 1 aromatic carbocycles. The van der Waals surface area contributed by atoms with Gasteiger partial charge in [-0.2, -0.15) is 5.10 Å². The van der Waals surface area contributed by atoms with Crippen molar-refractivity contribution < 1.29 is 0 Å². The summed E-state index contributed by atoms with van der Waals surface area (Å²) in [4.78, 5) is 11.2. The van der Waals surface area contributed by atoms with Crippen LogP contribution in [-0.4, -0.2) is 38.9 Å². The van der Waals surface area contributed by atoms with Gasteiger partial charge < -0.3 is 10.6 Å². The molecule has 118 valence electrons. The monoisotopic (exact) mass is 308 g/mol. The van der Waals surface area contributed by atoms with Crippen LogP contribution in [0.2, 0.25) is 0 Å². The van der Waals surface area contributed by atoms with Crippen molar-refractivity contribution in [2.75, 3.05) is 18.0 Å². The van der Waals surface area contributed by atoms with Crippen molar-refractivity contribution in [3.63, 3.8) is 0 Å². The summed E-state index contributed by atoms with van der Waals surface area (Å²) in [6, 6.07) is 6.44. The average Bonchev–Trinajstić information content (AvgIpc) is 3.16. The number of hydrogen-bond acceptors (Lipinski definition) is 5. The van der Waals surface area contributed by atoms with E-state index in [-0.39, 0.29) is 6.04 Å². The molecule has 0 amide bonds. The van der Waals surface area contributed by atoms with E-state index in [1.165, 1.54) is 11.1 Å². The number of nitrogens with zero attached hydrogens (tertiary/aromatic N) is 5. The van der Waals surface area contributed by atoms with Crippen LogP contribution in [0.25, 0.3) is 16.7 Å². The fraction of sp³-hybridized carbons (Fsp3) is 0.353. The molecule has 1 aliphatic rings. The molecule has 1 aliphatic heterocycles. The zero-order valence-electron chi connectivity index (χ0n) is 13.4. The highest BCUT2D eigenvalue weighted by atomic mass is 15.3. The van der Waals surface area contributed by atoms with Crippen molar-refractivity contribution in [1.82, 2.24) is 19.7 Å². The molecule has 0 spiro atoms. The summed E-state index contributed by atoms with van der Waals surface area (Å²) in [5, 5.41) is 5.55. The van der Waals surface area contributed by atoms with Crippen molar-refractivity contribution in [1.29, 1.82) is 0 Å². The topological polar surface area (TPSA) is 72.9 Å². The van der Waals surface area contributed by atoms with Gasteiger partial charge in [-0.15, -0.1) is 0 Å². The van der Waals surface area contributed by atoms with E-state index in [1.807, 2.05) is 16.9 Å². The van der Waals surface area contributed by atoms with Gasteiger partial charge in [-0.1, -0.05) is 12.1 Å². The minimum absolute atomic E-state index is 0.217. The highest BCUT2D eigenvalue weighted by molar-refractivity contribution is 5.88. The zero-order chi connectivity index (χ0) is 16.0. The lowest BCUT2D eigenvalue weighted by Crippen LogP contribution is -2.27. The number of aromatic nitrogens is 4. The van der Waals surface area contributed by atoms with Gasteiger partial charge >= 0.3 is 0 Å². The lowest BCUT2D eigenvalue weighted by atomic mass is 10.1. The molecule has 1 atom stereocenters. The molecular weight excluding hydrogens is 288 g/mol. The van der Waals surface area contributed by atoms with Crippen molar-refractivity contribution in [2.24, 2.45) is 5.73 Å². The van der Waals surface area contributed by atoms with E-state index >= 15 is 0 Å². The molecule has 0 radical (unpaired) electrons. The van der Waals surface area contributed by atoms with Crippen molar-refractivity contribution >= 4 is 16.9 Å². The Bertz CT molecular complexity index is 869. The normalized spacial score (nSPS) is 18.0. The fourth-order valence-electron chi connectivity index (χ4n) is 3.20. The first-order valence-corrected chi connectivity index (χ1v) is 7.91. The minimum atomic E-state index is 0.217. The SMILES string of the molecule is Cc1cccc(-n2ncc3c(N4CCC(N)C4)ncnc32)c1C. The second-order valence-corrected chi connectivity index (χ2v) is 6.20. The van der Waals surface area contributed by atoms with E-state index in [0.717, 1.165) is 42.0 Å². The Balaban J connectivity index is 1.86. The third kappa shape index (κ3) is 2.26. The van der Waals surface area contributed by atoms with E-state index < -0.39 is 0 Å². The molecule has 4 rings (SSSR count). The number of nitrogens with two attached hydrogens (primary N) is 1. The van der Waals surface area contributed by atoms with Crippen molar-refractivity contribution in [3.8, 4) is 5.69 Å². The summed E-state index contributed by atoms with van der Waals surface area (Å²) < 4.78 is 1.90. The lowest BCUT2D eigenvalue weighted by Gasteiger charge is -2.17. The van der Waals surface area contributed by atoms with Crippen LogP contribution in [0.15, 0.2) is 30.7 Å². The summed E-state index contributed by atoms with van der Waals surface area (Å²) in [6.07, 6.45) is 4.47. The quantitative estimate of drug-likeness (QED) is 0.783. The summed E-state index contributed by atoms with van der Waals surface area (Å²) in [6.45, 7) is 5.99. The van der Waals surface area contributed by atoms with E-state index in [2.05, 4.69) is 45.9 Å². The number of anilines is 1. The molecule has 1 fully saturated rings. The Labute approximate surface area is 135 Å². The second kappa shape index (κ2) is 5.31. The molecule has 23 heavy (non-hydrogen) atoms. The van der Waals surface area contributed by atoms with E-state index in [0.29, 0.717) is 0 Å². The third-order valence-electron chi connectivity index (χ3n) is 4.67. The molecule has 0 aliphatic carbocycles. The number of hydrogen-bond donors (Lipinski definition) is 1. The number of fused-ring (bicyclic) bond motifs is 1. The Morgan fingerprint density at radius 1 is 1.22 bits per heavy atom. The van der Waals surface area contributed by atoms with Crippen LogP contribution in [0.3, 0.4) is 0 Å². The maximum absolute atomic E-state index is 6.03. The molecular formula is C17H20N6. The molecule has 2 N–H and O–H groups in total. The van der Waals surface area contributed by atoms with Crippen molar-refractivity contribution in [3.05, 3.63) is 41.9 Å². The van der Waals surface area contributed by atoms with Crippen LogP contribution in [0.4, 0.5) is 5.82 Å². The minimum Gasteiger partial charge on any atom is -0.354 e. The van der Waals surface area contributed by atoms with Gasteiger partial charge in [0.25, 0.3) is 0 Å². The first-order chi connectivity index (χ1) is 11.1. The van der Waals surface area contributed by atoms with E-state index in [9.17, 15) is 0 Å². The maximum atomic E-state index is 6.03. The summed E-state index contributed by atoms with van der Waals surface area (Å²) in [7, 11) is 0. The van der Waals surface area contributed by atoms with Gasteiger partial charge in [0.2, 0.25) is 0 Å². The van der Waals surface area contributed by atoms with Crippen LogP contribution >= 0.6 is 0 Å². The molecule has 6 nitrogen and oxygen atoms in total. The van der Waals surface area contributed by atoms with Gasteiger partial charge in [-0.05, 0) is 37.5 Å². The van der Waals surface area contributed by atoms with Crippen LogP contribution in [0.5, 0.6) is 0 Å². The number of aryl methyl sites for hydroxylation is 1. The average molecular weight is 308 g/mol. The summed E-state index contributed by atoms with van der Waals surface area (Å²) in [5.41, 5.74) is 10.4. The van der Waals surface area contributed by atoms with Gasteiger partial charge in [-0.3, -0.25) is 0 Å². The third-order valence-corrected chi connectivity index (χ3v) is 4.67. The zero-order valence-corrected chi connectivity index (χ0v) is 13.4. The van der Waals surface area contributed by atoms with Crippen molar-refractivity contribution in [2.45, 2.75) is 26.3 Å². The Kier molecular flexibility index (Phi) is 3.27. The molecule has 3 heterocycles. The molecule has 0 bridgehead atoms. The van der Waals surface area contributed by atoms with E-state index in [4.69, 9.17) is 5.73 Å². The van der Waals surface area contributed by atoms with Gasteiger partial charge in [0.15, 0.2) is 5.65 Å².